The summed E-state index contributed by atoms with van der Waals surface area (Å²) in [6, 6.07) is 17.0. The van der Waals surface area contributed by atoms with Crippen molar-refractivity contribution in [2.45, 2.75) is 44.9 Å². The predicted molar refractivity (Wildman–Crippen MR) is 253 cm³/mol. The molecule has 2 fully saturated rings. The van der Waals surface area contributed by atoms with Crippen LogP contribution in [-0.2, 0) is 36.6 Å². The number of hydrogen-bond acceptors (Lipinski definition) is 12. The number of ether oxygens (including phenoxy) is 3. The highest BCUT2D eigenvalue weighted by Gasteiger charge is 2.35. The van der Waals surface area contributed by atoms with Crippen molar-refractivity contribution >= 4 is 30.1 Å². The molecule has 372 valence electrons. The van der Waals surface area contributed by atoms with Crippen molar-refractivity contribution in [1.82, 2.24) is 24.5 Å². The fourth-order valence-electron chi connectivity index (χ4n) is 8.55. The van der Waals surface area contributed by atoms with Crippen LogP contribution in [0.5, 0.6) is 5.75 Å². The zero-order valence-corrected chi connectivity index (χ0v) is 38.9. The number of benzene rings is 3. The minimum absolute atomic E-state index is 0.00491. The summed E-state index contributed by atoms with van der Waals surface area (Å²) in [5.74, 6) is -2.77. The third kappa shape index (κ3) is 17.6. The van der Waals surface area contributed by atoms with E-state index in [0.29, 0.717) is 84.9 Å². The van der Waals surface area contributed by atoms with Gasteiger partial charge in [-0.25, -0.2) is 0 Å². The summed E-state index contributed by atoms with van der Waals surface area (Å²) in [4.78, 5) is 44.7. The van der Waals surface area contributed by atoms with Gasteiger partial charge in [0.1, 0.15) is 18.4 Å². The topological polar surface area (TPSA) is 176 Å². The van der Waals surface area contributed by atoms with Crippen LogP contribution >= 0.6 is 0 Å². The Balaban J connectivity index is 1.21. The molecule has 1 atom stereocenters. The van der Waals surface area contributed by atoms with E-state index in [-0.39, 0.29) is 75.2 Å². The smallest absolute Gasteiger partial charge is 0.417 e. The highest BCUT2D eigenvalue weighted by atomic mass is 19.4. The number of piperidine rings is 1. The quantitative estimate of drug-likeness (QED) is 0.0511. The van der Waals surface area contributed by atoms with Gasteiger partial charge in [0.15, 0.2) is 0 Å². The molecular formula is C50H66F3N5O10. The summed E-state index contributed by atoms with van der Waals surface area (Å²) in [6.07, 6.45) is 0.234. The van der Waals surface area contributed by atoms with E-state index in [2.05, 4.69) is 11.5 Å². The molecule has 0 bridgehead atoms. The van der Waals surface area contributed by atoms with Crippen LogP contribution in [-0.4, -0.2) is 187 Å². The molecular weight excluding hydrogens is 888 g/mol. The van der Waals surface area contributed by atoms with E-state index in [4.69, 9.17) is 14.2 Å². The number of likely N-dealkylation sites (tertiary alicyclic amines) is 1. The molecule has 68 heavy (non-hydrogen) atoms. The number of aliphatic hydroxyl groups is 1. The van der Waals surface area contributed by atoms with Crippen LogP contribution < -0.4 is 4.74 Å². The predicted octanol–water partition coefficient (Wildman–Crippen LogP) is 6.16. The number of aliphatic hydroxyl groups excluding tert-OH is 1. The van der Waals surface area contributed by atoms with Gasteiger partial charge in [-0.2, -0.15) is 13.2 Å². The first-order valence-corrected chi connectivity index (χ1v) is 23.1. The lowest BCUT2D eigenvalue weighted by Gasteiger charge is -2.33. The van der Waals surface area contributed by atoms with Gasteiger partial charge < -0.3 is 34.6 Å². The number of hydrogen-bond donors (Lipinski definition) is 4. The van der Waals surface area contributed by atoms with E-state index in [1.807, 2.05) is 60.4 Å². The molecule has 5 rings (SSSR count). The molecule has 2 saturated heterocycles. The van der Waals surface area contributed by atoms with Crippen LogP contribution in [0.4, 0.5) is 13.2 Å². The van der Waals surface area contributed by atoms with E-state index in [1.54, 1.807) is 20.8 Å². The molecule has 0 radical (unpaired) electrons. The van der Waals surface area contributed by atoms with E-state index in [9.17, 15) is 48.0 Å². The van der Waals surface area contributed by atoms with Crippen molar-refractivity contribution < 1.29 is 62.2 Å². The fourth-order valence-corrected chi connectivity index (χ4v) is 8.55. The highest BCUT2D eigenvalue weighted by Crippen LogP contribution is 2.38. The van der Waals surface area contributed by atoms with Crippen molar-refractivity contribution in [2.24, 2.45) is 0 Å². The molecule has 4 N–H and O–H groups in total. The molecule has 2 aliphatic rings. The molecule has 2 aliphatic heterocycles. The number of aliphatic carboxylic acids is 3. The number of nitrogens with zero attached hydrogens (tertiary/aromatic N) is 5. The fraction of sp³-hybridized carbons (Fsp3) is 0.500. The standard InChI is InChI=1S/C50H66F3N5O10/c1-37(59)33-55-19-17-54(18-20-56(35-47(60)61)23-24-57(22-21-55)36-48(62)63)25-26-66-27-28-67-29-30-68-46-32-41(15-14-39-11-8-12-43(38(39)2)40-9-4-3-5-10-40)44(50(51,52)53)31-42(46)34-58-16-7-6-13-45(58)49(64)65/h3-5,8-12,14-15,31-32,45,59H,1,6-7,13,16-30,33-36H2,2H3,(H,60,61)(H,62,63)(H,64,65)/b15-14+/t45-/m0/s1. The van der Waals surface area contributed by atoms with Crippen LogP contribution in [0.1, 0.15) is 47.1 Å². The second-order valence-corrected chi connectivity index (χ2v) is 17.2. The van der Waals surface area contributed by atoms with E-state index < -0.39 is 35.7 Å². The summed E-state index contributed by atoms with van der Waals surface area (Å²) < 4.78 is 62.2. The average molecular weight is 954 g/mol. The molecule has 0 unspecified atom stereocenters. The third-order valence-electron chi connectivity index (χ3n) is 12.2. The Bertz CT molecular complexity index is 2110. The number of carboxylic acid groups (broad SMARTS) is 3. The minimum Gasteiger partial charge on any atom is -0.512 e. The van der Waals surface area contributed by atoms with E-state index in [1.165, 1.54) is 12.1 Å². The summed E-state index contributed by atoms with van der Waals surface area (Å²) in [6.45, 7) is 10.9. The van der Waals surface area contributed by atoms with Gasteiger partial charge in [-0.15, -0.1) is 0 Å². The maximum atomic E-state index is 14.8. The van der Waals surface area contributed by atoms with Gasteiger partial charge in [-0.1, -0.05) is 73.7 Å². The molecule has 15 nitrogen and oxygen atoms in total. The van der Waals surface area contributed by atoms with Crippen molar-refractivity contribution in [3.8, 4) is 16.9 Å². The summed E-state index contributed by atoms with van der Waals surface area (Å²) in [5.41, 5.74) is 2.90. The Morgan fingerprint density at radius 2 is 1.26 bits per heavy atom. The van der Waals surface area contributed by atoms with Crippen LogP contribution in [0, 0.1) is 6.92 Å². The first-order chi connectivity index (χ1) is 32.6. The van der Waals surface area contributed by atoms with Gasteiger partial charge in [0, 0.05) is 71.0 Å². The summed E-state index contributed by atoms with van der Waals surface area (Å²) >= 11 is 0. The van der Waals surface area contributed by atoms with Gasteiger partial charge in [-0.3, -0.25) is 38.9 Å². The minimum atomic E-state index is -4.71. The van der Waals surface area contributed by atoms with Crippen molar-refractivity contribution in [3.63, 3.8) is 0 Å². The Morgan fingerprint density at radius 1 is 0.691 bits per heavy atom. The van der Waals surface area contributed by atoms with Crippen molar-refractivity contribution in [2.75, 3.05) is 118 Å². The maximum absolute atomic E-state index is 14.8. The summed E-state index contributed by atoms with van der Waals surface area (Å²) in [7, 11) is 0. The molecule has 0 amide bonds. The number of carbonyl (C=O) groups is 3. The molecule has 18 heteroatoms. The van der Waals surface area contributed by atoms with Crippen LogP contribution in [0.25, 0.3) is 23.3 Å². The van der Waals surface area contributed by atoms with Gasteiger partial charge in [0.2, 0.25) is 0 Å². The van der Waals surface area contributed by atoms with Crippen molar-refractivity contribution in [1.29, 1.82) is 0 Å². The van der Waals surface area contributed by atoms with Crippen LogP contribution in [0.2, 0.25) is 0 Å². The number of alkyl halides is 3. The van der Waals surface area contributed by atoms with Gasteiger partial charge >= 0.3 is 24.1 Å². The van der Waals surface area contributed by atoms with Gasteiger partial charge in [0.25, 0.3) is 0 Å². The molecule has 3 aromatic carbocycles. The summed E-state index contributed by atoms with van der Waals surface area (Å²) in [5, 5.41) is 38.8. The van der Waals surface area contributed by atoms with Crippen LogP contribution in [0.3, 0.4) is 0 Å². The maximum Gasteiger partial charge on any atom is 0.417 e. The number of rotatable bonds is 22. The van der Waals surface area contributed by atoms with E-state index >= 15 is 0 Å². The Kier molecular flexibility index (Phi) is 21.3. The largest absolute Gasteiger partial charge is 0.512 e. The monoisotopic (exact) mass is 953 g/mol. The lowest BCUT2D eigenvalue weighted by Crippen LogP contribution is -2.48. The zero-order chi connectivity index (χ0) is 49.1. The zero-order valence-electron chi connectivity index (χ0n) is 38.9. The molecule has 0 aromatic heterocycles. The molecule has 0 saturated carbocycles. The number of carboxylic acids is 3. The second-order valence-electron chi connectivity index (χ2n) is 17.2. The number of halogens is 3. The van der Waals surface area contributed by atoms with Gasteiger partial charge in [0.05, 0.1) is 57.4 Å². The highest BCUT2D eigenvalue weighted by molar-refractivity contribution is 5.79. The molecule has 0 spiro atoms. The molecule has 0 aliphatic carbocycles. The molecule has 3 aromatic rings. The second kappa shape index (κ2) is 27.0. The van der Waals surface area contributed by atoms with E-state index in [0.717, 1.165) is 34.7 Å². The Hall–Kier alpha value is -5.34. The Labute approximate surface area is 396 Å². The van der Waals surface area contributed by atoms with Crippen molar-refractivity contribution in [3.05, 3.63) is 101 Å². The third-order valence-corrected chi connectivity index (χ3v) is 12.2. The normalized spacial score (nSPS) is 18.0. The van der Waals surface area contributed by atoms with Crippen LogP contribution in [0.15, 0.2) is 73.0 Å². The lowest BCUT2D eigenvalue weighted by atomic mass is 9.95. The first-order valence-electron chi connectivity index (χ1n) is 23.1. The van der Waals surface area contributed by atoms with Gasteiger partial charge in [-0.05, 0) is 66.3 Å². The SMILES string of the molecule is C=C(O)CN1CCN(CCOCCOCCOc2cc(/C=C/c3cccc(-c4ccccc4)c3C)c(C(F)(F)F)cc2CN2CCCC[C@H]2C(=O)O)CCN(CC(=O)O)CCN(CC(=O)O)CC1. The Morgan fingerprint density at radius 3 is 1.85 bits per heavy atom. The lowest BCUT2D eigenvalue weighted by molar-refractivity contribution is -0.145. The average Bonchev–Trinajstić information content (AvgIpc) is 3.28. The first kappa shape index (κ1) is 53.6. The molecule has 2 heterocycles.